The predicted octanol–water partition coefficient (Wildman–Crippen LogP) is 1.87. The Balaban J connectivity index is 1.91. The van der Waals surface area contributed by atoms with Gasteiger partial charge < -0.3 is 9.74 Å². The third kappa shape index (κ3) is 3.31. The van der Waals surface area contributed by atoms with Crippen LogP contribution in [0.2, 0.25) is 0 Å². The maximum Gasteiger partial charge on any atom is 0.227 e. The minimum Gasteiger partial charge on any atom is -0.342 e. The molecule has 0 aliphatic carbocycles. The number of nitrogens with zero attached hydrogens (tertiary/aromatic N) is 1. The van der Waals surface area contributed by atoms with E-state index in [1.54, 1.807) is 0 Å². The van der Waals surface area contributed by atoms with Crippen LogP contribution in [0.25, 0.3) is 0 Å². The number of halogens is 1. The summed E-state index contributed by atoms with van der Waals surface area (Å²) in [5.41, 5.74) is 1.03. The minimum absolute atomic E-state index is 0.0949. The number of benzene rings is 1. The highest BCUT2D eigenvalue weighted by atomic mass is 79.9. The van der Waals surface area contributed by atoms with Crippen molar-refractivity contribution in [3.8, 4) is 0 Å². The van der Waals surface area contributed by atoms with Crippen molar-refractivity contribution >= 4 is 21.8 Å². The Labute approximate surface area is 115 Å². The normalized spacial score (nSPS) is 16.9. The zero-order valence-electron chi connectivity index (χ0n) is 10.1. The fraction of sp³-hybridized carbons (Fsp3) is 0.462. The first kappa shape index (κ1) is 13.5. The summed E-state index contributed by atoms with van der Waals surface area (Å²) in [6.07, 6.45) is 2.17. The second kappa shape index (κ2) is 6.31. The van der Waals surface area contributed by atoms with Crippen LogP contribution in [-0.4, -0.2) is 30.0 Å². The van der Waals surface area contributed by atoms with Crippen molar-refractivity contribution in [1.29, 1.82) is 0 Å². The number of amides is 1. The third-order valence-electron chi connectivity index (χ3n) is 3.29. The summed E-state index contributed by atoms with van der Waals surface area (Å²) in [5.74, 6) is 5.32. The Bertz CT molecular complexity index is 417. The van der Waals surface area contributed by atoms with Gasteiger partial charge in [0.2, 0.25) is 5.91 Å². The zero-order chi connectivity index (χ0) is 13.0. The van der Waals surface area contributed by atoms with Crippen LogP contribution in [0.5, 0.6) is 0 Å². The first-order valence-electron chi connectivity index (χ1n) is 6.07. The molecule has 1 saturated heterocycles. The topological polar surface area (TPSA) is 55.6 Å². The van der Waals surface area contributed by atoms with Gasteiger partial charge in [0.15, 0.2) is 0 Å². The lowest BCUT2D eigenvalue weighted by atomic mass is 10.1. The summed E-state index contributed by atoms with van der Waals surface area (Å²) >= 11 is 3.46. The zero-order valence-corrected chi connectivity index (χ0v) is 11.7. The van der Waals surface area contributed by atoms with Crippen LogP contribution in [-0.2, 0) is 16.1 Å². The highest BCUT2D eigenvalue weighted by Crippen LogP contribution is 2.19. The second-order valence-electron chi connectivity index (χ2n) is 4.48. The molecule has 1 amide bonds. The molecule has 0 saturated carbocycles. The van der Waals surface area contributed by atoms with Crippen LogP contribution in [0.15, 0.2) is 28.7 Å². The average molecular weight is 313 g/mol. The number of carbonyl (C=O) groups is 1. The van der Waals surface area contributed by atoms with E-state index in [9.17, 15) is 4.79 Å². The monoisotopic (exact) mass is 312 g/mol. The Kier molecular flexibility index (Phi) is 4.74. The summed E-state index contributed by atoms with van der Waals surface area (Å²) in [6.45, 7) is 1.45. The molecule has 1 aromatic rings. The van der Waals surface area contributed by atoms with Gasteiger partial charge in [-0.1, -0.05) is 34.1 Å². The van der Waals surface area contributed by atoms with Crippen molar-refractivity contribution in [3.63, 3.8) is 0 Å². The number of carbonyl (C=O) groups excluding carboxylic acids is 1. The van der Waals surface area contributed by atoms with Crippen LogP contribution >= 0.6 is 15.9 Å². The summed E-state index contributed by atoms with van der Waals surface area (Å²) in [7, 11) is 0. The first-order valence-corrected chi connectivity index (χ1v) is 6.86. The molecule has 0 spiro atoms. The van der Waals surface area contributed by atoms with Crippen molar-refractivity contribution < 1.29 is 9.63 Å². The molecule has 1 heterocycles. The Hall–Kier alpha value is -0.910. The van der Waals surface area contributed by atoms with E-state index in [0.29, 0.717) is 6.42 Å². The summed E-state index contributed by atoms with van der Waals surface area (Å²) in [6, 6.07) is 7.82. The van der Waals surface area contributed by atoms with E-state index in [1.807, 2.05) is 29.2 Å². The standard InChI is InChI=1S/C13H17BrN2O2/c14-12-4-2-1-3-10(12)9-13(17)16-7-5-11(18-15)6-8-16/h1-4,11H,5-9,15H2. The number of hydrogen-bond acceptors (Lipinski definition) is 3. The molecule has 1 aliphatic rings. The predicted molar refractivity (Wildman–Crippen MR) is 72.7 cm³/mol. The van der Waals surface area contributed by atoms with Gasteiger partial charge >= 0.3 is 0 Å². The summed E-state index contributed by atoms with van der Waals surface area (Å²) in [4.78, 5) is 18.8. The van der Waals surface area contributed by atoms with Crippen molar-refractivity contribution in [2.24, 2.45) is 5.90 Å². The van der Waals surface area contributed by atoms with E-state index >= 15 is 0 Å². The Morgan fingerprint density at radius 3 is 2.67 bits per heavy atom. The van der Waals surface area contributed by atoms with E-state index in [1.165, 1.54) is 0 Å². The van der Waals surface area contributed by atoms with Crippen LogP contribution in [0.4, 0.5) is 0 Å². The number of likely N-dealkylation sites (tertiary alicyclic amines) is 1. The molecule has 5 heteroatoms. The van der Waals surface area contributed by atoms with Gasteiger partial charge in [-0.2, -0.15) is 0 Å². The molecule has 0 bridgehead atoms. The van der Waals surface area contributed by atoms with Crippen LogP contribution in [0.1, 0.15) is 18.4 Å². The van der Waals surface area contributed by atoms with Crippen molar-refractivity contribution in [1.82, 2.24) is 4.90 Å². The average Bonchev–Trinajstić information content (AvgIpc) is 2.41. The van der Waals surface area contributed by atoms with E-state index in [-0.39, 0.29) is 12.0 Å². The van der Waals surface area contributed by atoms with Gasteiger partial charge in [-0.15, -0.1) is 0 Å². The fourth-order valence-electron chi connectivity index (χ4n) is 2.16. The second-order valence-corrected chi connectivity index (χ2v) is 5.34. The minimum atomic E-state index is 0.0949. The van der Waals surface area contributed by atoms with Crippen molar-refractivity contribution in [2.45, 2.75) is 25.4 Å². The smallest absolute Gasteiger partial charge is 0.227 e. The highest BCUT2D eigenvalue weighted by Gasteiger charge is 2.23. The molecular formula is C13H17BrN2O2. The fourth-order valence-corrected chi connectivity index (χ4v) is 2.58. The van der Waals surface area contributed by atoms with Gasteiger partial charge in [0.05, 0.1) is 12.5 Å². The molecule has 1 fully saturated rings. The largest absolute Gasteiger partial charge is 0.342 e. The number of piperidine rings is 1. The molecule has 98 valence electrons. The van der Waals surface area contributed by atoms with Crippen molar-refractivity contribution in [2.75, 3.05) is 13.1 Å². The van der Waals surface area contributed by atoms with Gasteiger partial charge in [-0.05, 0) is 24.5 Å². The third-order valence-corrected chi connectivity index (χ3v) is 4.06. The Morgan fingerprint density at radius 2 is 2.06 bits per heavy atom. The first-order chi connectivity index (χ1) is 8.70. The molecular weight excluding hydrogens is 296 g/mol. The highest BCUT2D eigenvalue weighted by molar-refractivity contribution is 9.10. The van der Waals surface area contributed by atoms with E-state index in [0.717, 1.165) is 36.0 Å². The molecule has 4 nitrogen and oxygen atoms in total. The van der Waals surface area contributed by atoms with E-state index in [2.05, 4.69) is 15.9 Å². The maximum atomic E-state index is 12.1. The molecule has 1 aliphatic heterocycles. The van der Waals surface area contributed by atoms with Gasteiger partial charge in [-0.25, -0.2) is 5.90 Å². The van der Waals surface area contributed by atoms with Crippen molar-refractivity contribution in [3.05, 3.63) is 34.3 Å². The summed E-state index contributed by atoms with van der Waals surface area (Å²) in [5, 5.41) is 0. The number of nitrogens with two attached hydrogens (primary N) is 1. The van der Waals surface area contributed by atoms with Gasteiger partial charge in [0.25, 0.3) is 0 Å². The molecule has 0 radical (unpaired) electrons. The summed E-state index contributed by atoms with van der Waals surface area (Å²) < 4.78 is 0.985. The van der Waals surface area contributed by atoms with Gasteiger partial charge in [0, 0.05) is 17.6 Å². The molecule has 2 rings (SSSR count). The van der Waals surface area contributed by atoms with Crippen LogP contribution in [0.3, 0.4) is 0 Å². The SMILES string of the molecule is NOC1CCN(C(=O)Cc2ccccc2Br)CC1. The molecule has 0 aromatic heterocycles. The molecule has 0 atom stereocenters. The lowest BCUT2D eigenvalue weighted by Crippen LogP contribution is -2.42. The molecule has 2 N–H and O–H groups in total. The molecule has 0 unspecified atom stereocenters. The van der Waals surface area contributed by atoms with Gasteiger partial charge in [-0.3, -0.25) is 4.79 Å². The maximum absolute atomic E-state index is 12.1. The van der Waals surface area contributed by atoms with Crippen LogP contribution in [0, 0.1) is 0 Å². The van der Waals surface area contributed by atoms with E-state index in [4.69, 9.17) is 10.7 Å². The number of hydrogen-bond donors (Lipinski definition) is 1. The quantitative estimate of drug-likeness (QED) is 0.867. The molecule has 1 aromatic carbocycles. The van der Waals surface area contributed by atoms with E-state index < -0.39 is 0 Å². The lowest BCUT2D eigenvalue weighted by Gasteiger charge is -2.31. The molecule has 18 heavy (non-hydrogen) atoms. The number of rotatable bonds is 3. The Morgan fingerprint density at radius 1 is 1.39 bits per heavy atom. The van der Waals surface area contributed by atoms with Gasteiger partial charge in [0.1, 0.15) is 0 Å². The van der Waals surface area contributed by atoms with Crippen LogP contribution < -0.4 is 5.90 Å². The lowest BCUT2D eigenvalue weighted by molar-refractivity contribution is -0.133.